The van der Waals surface area contributed by atoms with Gasteiger partial charge in [0.05, 0.1) is 0 Å². The molecule has 0 unspecified atom stereocenters. The highest BCUT2D eigenvalue weighted by Crippen LogP contribution is 2.41. The van der Waals surface area contributed by atoms with Gasteiger partial charge in [-0.2, -0.15) is 0 Å². The summed E-state index contributed by atoms with van der Waals surface area (Å²) in [7, 11) is 0. The predicted molar refractivity (Wildman–Crippen MR) is 114 cm³/mol. The lowest BCUT2D eigenvalue weighted by atomic mass is 9.87. The first-order valence-corrected chi connectivity index (χ1v) is 10.6. The molecular formula is C23H26ClNO5. The third-order valence-corrected chi connectivity index (χ3v) is 6.20. The molecule has 0 bridgehead atoms. The summed E-state index contributed by atoms with van der Waals surface area (Å²) in [4.78, 5) is 13.6. The summed E-state index contributed by atoms with van der Waals surface area (Å²) >= 11 is 6.11. The standard InChI is InChI=1S/C23H26ClNO5/c1-15-3-2-4-19(22(27)28)21(15)29-14-18(26)13-25-9-7-23(8-10-25)12-16-11-17(24)5-6-20(16)30-23/h2-6,11,18,26H,7-10,12-14H2,1H3,(H,27,28)/t18-/m0/s1. The fraction of sp³-hybridized carbons (Fsp3) is 0.435. The number of hydrogen-bond donors (Lipinski definition) is 2. The third-order valence-electron chi connectivity index (χ3n) is 5.96. The number of aromatic carboxylic acids is 1. The van der Waals surface area contributed by atoms with Crippen LogP contribution in [-0.4, -0.2) is 59.0 Å². The van der Waals surface area contributed by atoms with Gasteiger partial charge < -0.3 is 24.6 Å². The number of halogens is 1. The maximum absolute atomic E-state index is 11.4. The van der Waals surface area contributed by atoms with Crippen LogP contribution in [0.4, 0.5) is 0 Å². The van der Waals surface area contributed by atoms with Crippen LogP contribution in [0.2, 0.25) is 5.02 Å². The van der Waals surface area contributed by atoms with Gasteiger partial charge in [-0.05, 0) is 42.3 Å². The monoisotopic (exact) mass is 431 g/mol. The molecule has 2 aromatic rings. The number of likely N-dealkylation sites (tertiary alicyclic amines) is 1. The summed E-state index contributed by atoms with van der Waals surface area (Å²) in [6.45, 7) is 3.97. The van der Waals surface area contributed by atoms with Crippen molar-refractivity contribution in [3.05, 3.63) is 58.1 Å². The molecule has 2 aliphatic heterocycles. The number of nitrogens with zero attached hydrogens (tertiary/aromatic N) is 1. The van der Waals surface area contributed by atoms with Crippen molar-refractivity contribution in [1.29, 1.82) is 0 Å². The molecule has 30 heavy (non-hydrogen) atoms. The van der Waals surface area contributed by atoms with Crippen molar-refractivity contribution < 1.29 is 24.5 Å². The van der Waals surface area contributed by atoms with E-state index in [1.54, 1.807) is 19.1 Å². The first-order chi connectivity index (χ1) is 14.3. The van der Waals surface area contributed by atoms with Gasteiger partial charge in [-0.3, -0.25) is 0 Å². The molecule has 2 aromatic carbocycles. The number of aliphatic hydroxyl groups is 1. The lowest BCUT2D eigenvalue weighted by molar-refractivity contribution is -0.00207. The van der Waals surface area contributed by atoms with E-state index in [9.17, 15) is 15.0 Å². The molecule has 0 radical (unpaired) electrons. The Balaban J connectivity index is 1.29. The minimum atomic E-state index is -1.04. The SMILES string of the molecule is Cc1cccc(C(=O)O)c1OC[C@@H](O)CN1CCC2(CC1)Cc1cc(Cl)ccc1O2. The van der Waals surface area contributed by atoms with E-state index < -0.39 is 12.1 Å². The number of carboxylic acids is 1. The van der Waals surface area contributed by atoms with E-state index in [1.807, 2.05) is 18.2 Å². The van der Waals surface area contributed by atoms with Gasteiger partial charge in [0.25, 0.3) is 0 Å². The Labute approximate surface area is 181 Å². The van der Waals surface area contributed by atoms with Crippen LogP contribution in [0, 0.1) is 6.92 Å². The van der Waals surface area contributed by atoms with E-state index in [4.69, 9.17) is 21.1 Å². The van der Waals surface area contributed by atoms with E-state index in [1.165, 1.54) is 6.07 Å². The third kappa shape index (κ3) is 4.41. The molecular weight excluding hydrogens is 406 g/mol. The van der Waals surface area contributed by atoms with Crippen LogP contribution in [0.15, 0.2) is 36.4 Å². The van der Waals surface area contributed by atoms with E-state index >= 15 is 0 Å². The van der Waals surface area contributed by atoms with Gasteiger partial charge in [-0.15, -0.1) is 0 Å². The van der Waals surface area contributed by atoms with Crippen molar-refractivity contribution in [1.82, 2.24) is 4.90 Å². The van der Waals surface area contributed by atoms with Gasteiger partial charge in [0.2, 0.25) is 0 Å². The molecule has 0 aromatic heterocycles. The van der Waals surface area contributed by atoms with Crippen LogP contribution in [0.25, 0.3) is 0 Å². The van der Waals surface area contributed by atoms with Gasteiger partial charge >= 0.3 is 5.97 Å². The Morgan fingerprint density at radius 2 is 2.07 bits per heavy atom. The summed E-state index contributed by atoms with van der Waals surface area (Å²) in [5.41, 5.74) is 1.83. The van der Waals surface area contributed by atoms with Crippen molar-refractivity contribution in [3.8, 4) is 11.5 Å². The molecule has 0 aliphatic carbocycles. The number of β-amino-alcohol motifs (C(OH)–C–C–N with tert-alkyl or cyclic N) is 1. The molecule has 1 spiro atoms. The van der Waals surface area contributed by atoms with Crippen molar-refractivity contribution in [2.45, 2.75) is 37.9 Å². The zero-order chi connectivity index (χ0) is 21.3. The number of fused-ring (bicyclic) bond motifs is 1. The zero-order valence-electron chi connectivity index (χ0n) is 16.9. The Bertz CT molecular complexity index is 939. The molecule has 7 heteroatoms. The normalized spacial score (nSPS) is 18.6. The summed E-state index contributed by atoms with van der Waals surface area (Å²) < 4.78 is 12.0. The summed E-state index contributed by atoms with van der Waals surface area (Å²) in [5, 5.41) is 20.5. The average Bonchev–Trinajstić information content (AvgIpc) is 3.05. The number of ether oxygens (including phenoxy) is 2. The molecule has 0 saturated carbocycles. The largest absolute Gasteiger partial charge is 0.490 e. The highest BCUT2D eigenvalue weighted by atomic mass is 35.5. The van der Waals surface area contributed by atoms with Crippen molar-refractivity contribution in [2.75, 3.05) is 26.2 Å². The summed E-state index contributed by atoms with van der Waals surface area (Å²) in [6, 6.07) is 10.8. The van der Waals surface area contributed by atoms with Crippen molar-refractivity contribution >= 4 is 17.6 Å². The molecule has 1 saturated heterocycles. The predicted octanol–water partition coefficient (Wildman–Crippen LogP) is 3.56. The van der Waals surface area contributed by atoms with Gasteiger partial charge in [-0.25, -0.2) is 4.79 Å². The molecule has 4 rings (SSSR count). The van der Waals surface area contributed by atoms with Gasteiger partial charge in [0, 0.05) is 43.9 Å². The quantitative estimate of drug-likeness (QED) is 0.728. The lowest BCUT2D eigenvalue weighted by Crippen LogP contribution is -2.49. The van der Waals surface area contributed by atoms with E-state index in [2.05, 4.69) is 4.90 Å². The minimum absolute atomic E-state index is 0.0488. The number of rotatable bonds is 6. The van der Waals surface area contributed by atoms with E-state index in [0.717, 1.165) is 54.3 Å². The Hall–Kier alpha value is -2.28. The van der Waals surface area contributed by atoms with Crippen LogP contribution in [-0.2, 0) is 6.42 Å². The summed E-state index contributed by atoms with van der Waals surface area (Å²) in [5.74, 6) is 0.203. The number of hydrogen-bond acceptors (Lipinski definition) is 5. The van der Waals surface area contributed by atoms with Crippen molar-refractivity contribution in [3.63, 3.8) is 0 Å². The van der Waals surface area contributed by atoms with Gasteiger partial charge in [0.1, 0.15) is 35.4 Å². The number of para-hydroxylation sites is 1. The minimum Gasteiger partial charge on any atom is -0.490 e. The maximum Gasteiger partial charge on any atom is 0.339 e. The van der Waals surface area contributed by atoms with Gasteiger partial charge in [-0.1, -0.05) is 23.7 Å². The second-order valence-electron chi connectivity index (χ2n) is 8.24. The van der Waals surface area contributed by atoms with Gasteiger partial charge in [0.15, 0.2) is 0 Å². The second kappa shape index (κ2) is 8.46. The van der Waals surface area contributed by atoms with Crippen LogP contribution in [0.3, 0.4) is 0 Å². The first-order valence-electron chi connectivity index (χ1n) is 10.2. The zero-order valence-corrected chi connectivity index (χ0v) is 17.7. The molecule has 1 fully saturated rings. The fourth-order valence-corrected chi connectivity index (χ4v) is 4.56. The summed E-state index contributed by atoms with van der Waals surface area (Å²) in [6.07, 6.45) is 1.93. The topological polar surface area (TPSA) is 79.2 Å². The lowest BCUT2D eigenvalue weighted by Gasteiger charge is -2.39. The molecule has 0 amide bonds. The molecule has 2 N–H and O–H groups in total. The number of benzene rings is 2. The molecule has 1 atom stereocenters. The number of piperidine rings is 1. The van der Waals surface area contributed by atoms with Crippen LogP contribution >= 0.6 is 11.6 Å². The number of carbonyl (C=O) groups is 1. The maximum atomic E-state index is 11.4. The second-order valence-corrected chi connectivity index (χ2v) is 8.67. The number of aliphatic hydroxyl groups excluding tert-OH is 1. The van der Waals surface area contributed by atoms with Crippen LogP contribution in [0.1, 0.15) is 34.3 Å². The van der Waals surface area contributed by atoms with Crippen molar-refractivity contribution in [2.24, 2.45) is 0 Å². The van der Waals surface area contributed by atoms with Crippen LogP contribution < -0.4 is 9.47 Å². The van der Waals surface area contributed by atoms with E-state index in [-0.39, 0.29) is 17.8 Å². The number of carboxylic acid groups (broad SMARTS) is 1. The van der Waals surface area contributed by atoms with E-state index in [0.29, 0.717) is 12.3 Å². The average molecular weight is 432 g/mol. The fourth-order valence-electron chi connectivity index (χ4n) is 4.37. The smallest absolute Gasteiger partial charge is 0.339 e. The highest BCUT2D eigenvalue weighted by molar-refractivity contribution is 6.30. The first kappa shape index (κ1) is 21.0. The Morgan fingerprint density at radius 3 is 2.80 bits per heavy atom. The molecule has 6 nitrogen and oxygen atoms in total. The molecule has 160 valence electrons. The Kier molecular flexibility index (Phi) is 5.91. The highest BCUT2D eigenvalue weighted by Gasteiger charge is 2.42. The van der Waals surface area contributed by atoms with Crippen LogP contribution in [0.5, 0.6) is 11.5 Å². The molecule has 2 heterocycles. The Morgan fingerprint density at radius 1 is 1.30 bits per heavy atom. The molecule has 2 aliphatic rings. The number of aryl methyl sites for hydroxylation is 1.